The third-order valence-electron chi connectivity index (χ3n) is 3.82. The van der Waals surface area contributed by atoms with Crippen molar-refractivity contribution in [1.29, 1.82) is 0 Å². The molecule has 0 aliphatic carbocycles. The second kappa shape index (κ2) is 6.79. The fourth-order valence-electron chi connectivity index (χ4n) is 2.75. The first-order chi connectivity index (χ1) is 8.85. The van der Waals surface area contributed by atoms with Gasteiger partial charge in [0.2, 0.25) is 0 Å². The van der Waals surface area contributed by atoms with Crippen LogP contribution in [0.1, 0.15) is 38.7 Å². The molecule has 1 aliphatic rings. The van der Waals surface area contributed by atoms with Crippen LogP contribution in [-0.2, 0) is 6.42 Å². The van der Waals surface area contributed by atoms with Crippen molar-refractivity contribution >= 4 is 5.69 Å². The van der Waals surface area contributed by atoms with E-state index in [0.29, 0.717) is 6.04 Å². The second-order valence-electron chi connectivity index (χ2n) is 5.24. The van der Waals surface area contributed by atoms with Crippen LogP contribution in [-0.4, -0.2) is 25.7 Å². The predicted octanol–water partition coefficient (Wildman–Crippen LogP) is 3.22. The van der Waals surface area contributed by atoms with Crippen LogP contribution >= 0.6 is 0 Å². The Morgan fingerprint density at radius 1 is 1.28 bits per heavy atom. The summed E-state index contributed by atoms with van der Waals surface area (Å²) in [5.74, 6) is 0. The summed E-state index contributed by atoms with van der Waals surface area (Å²) >= 11 is 0. The number of anilines is 1. The third kappa shape index (κ3) is 3.26. The van der Waals surface area contributed by atoms with Crippen molar-refractivity contribution in [2.45, 2.75) is 45.6 Å². The van der Waals surface area contributed by atoms with Gasteiger partial charge in [-0.3, -0.25) is 0 Å². The molecule has 1 unspecified atom stereocenters. The van der Waals surface area contributed by atoms with Crippen molar-refractivity contribution in [1.82, 2.24) is 5.32 Å². The molecule has 0 fully saturated rings. The summed E-state index contributed by atoms with van der Waals surface area (Å²) in [5, 5.41) is 3.66. The van der Waals surface area contributed by atoms with E-state index >= 15 is 0 Å². The van der Waals surface area contributed by atoms with Crippen LogP contribution in [0.25, 0.3) is 0 Å². The molecule has 0 aromatic heterocycles. The maximum atomic E-state index is 3.66. The van der Waals surface area contributed by atoms with Crippen LogP contribution in [0.2, 0.25) is 0 Å². The zero-order valence-corrected chi connectivity index (χ0v) is 11.8. The summed E-state index contributed by atoms with van der Waals surface area (Å²) < 4.78 is 0. The lowest BCUT2D eigenvalue weighted by Gasteiger charge is -2.34. The van der Waals surface area contributed by atoms with Gasteiger partial charge in [-0.1, -0.05) is 32.0 Å². The molecule has 1 aromatic carbocycles. The first kappa shape index (κ1) is 13.4. The molecule has 1 aliphatic heterocycles. The lowest BCUT2D eigenvalue weighted by molar-refractivity contribution is 0.482. The maximum Gasteiger partial charge on any atom is 0.0399 e. The van der Waals surface area contributed by atoms with E-state index < -0.39 is 0 Å². The zero-order valence-electron chi connectivity index (χ0n) is 11.8. The quantitative estimate of drug-likeness (QED) is 0.829. The molecule has 18 heavy (non-hydrogen) atoms. The van der Waals surface area contributed by atoms with Crippen LogP contribution in [0.5, 0.6) is 0 Å². The minimum Gasteiger partial charge on any atom is -0.370 e. The number of rotatable bonds is 6. The highest BCUT2D eigenvalue weighted by Crippen LogP contribution is 2.26. The van der Waals surface area contributed by atoms with Crippen molar-refractivity contribution in [2.24, 2.45) is 0 Å². The summed E-state index contributed by atoms with van der Waals surface area (Å²) in [6.45, 7) is 8.00. The summed E-state index contributed by atoms with van der Waals surface area (Å²) in [5.41, 5.74) is 2.98. The van der Waals surface area contributed by atoms with E-state index in [9.17, 15) is 0 Å². The molecule has 2 nitrogen and oxygen atoms in total. The van der Waals surface area contributed by atoms with Gasteiger partial charge in [-0.2, -0.15) is 0 Å². The Bertz CT molecular complexity index is 362. The molecule has 1 aromatic rings. The van der Waals surface area contributed by atoms with Crippen molar-refractivity contribution in [3.8, 4) is 0 Å². The van der Waals surface area contributed by atoms with E-state index in [1.165, 1.54) is 43.5 Å². The van der Waals surface area contributed by atoms with Crippen molar-refractivity contribution in [3.05, 3.63) is 29.8 Å². The van der Waals surface area contributed by atoms with Crippen molar-refractivity contribution < 1.29 is 0 Å². The van der Waals surface area contributed by atoms with Gasteiger partial charge in [0, 0.05) is 24.8 Å². The fourth-order valence-corrected chi connectivity index (χ4v) is 2.75. The van der Waals surface area contributed by atoms with E-state index in [0.717, 1.165) is 13.1 Å². The Morgan fingerprint density at radius 3 is 2.89 bits per heavy atom. The van der Waals surface area contributed by atoms with Gasteiger partial charge in [-0.15, -0.1) is 0 Å². The van der Waals surface area contributed by atoms with Gasteiger partial charge in [-0.05, 0) is 43.9 Å². The summed E-state index contributed by atoms with van der Waals surface area (Å²) in [6.07, 6.45) is 4.96. The average Bonchev–Trinajstić information content (AvgIpc) is 2.43. The van der Waals surface area contributed by atoms with Crippen molar-refractivity contribution in [2.75, 3.05) is 24.5 Å². The highest BCUT2D eigenvalue weighted by molar-refractivity contribution is 5.55. The molecule has 1 atom stereocenters. The summed E-state index contributed by atoms with van der Waals surface area (Å²) in [4.78, 5) is 2.57. The molecule has 0 amide bonds. The number of nitrogens with one attached hydrogen (secondary N) is 1. The monoisotopic (exact) mass is 246 g/mol. The van der Waals surface area contributed by atoms with E-state index in [1.54, 1.807) is 0 Å². The smallest absolute Gasteiger partial charge is 0.0399 e. The number of hydrogen-bond donors (Lipinski definition) is 1. The highest BCUT2D eigenvalue weighted by atomic mass is 15.2. The molecule has 100 valence electrons. The topological polar surface area (TPSA) is 15.3 Å². The lowest BCUT2D eigenvalue weighted by Crippen LogP contribution is -2.43. The fraction of sp³-hybridized carbons (Fsp3) is 0.625. The van der Waals surface area contributed by atoms with Gasteiger partial charge in [0.05, 0.1) is 0 Å². The molecule has 0 saturated carbocycles. The Morgan fingerprint density at radius 2 is 2.11 bits per heavy atom. The zero-order chi connectivity index (χ0) is 12.8. The Labute approximate surface area is 111 Å². The molecule has 0 saturated heterocycles. The number of hydrogen-bond acceptors (Lipinski definition) is 2. The van der Waals surface area contributed by atoms with Crippen LogP contribution in [0, 0.1) is 0 Å². The molecular formula is C16H26N2. The SMILES string of the molecule is CCCNC(CC)CN1CCCc2ccccc21. The van der Waals surface area contributed by atoms with Crippen molar-refractivity contribution in [3.63, 3.8) is 0 Å². The Hall–Kier alpha value is -1.02. The van der Waals surface area contributed by atoms with Gasteiger partial charge >= 0.3 is 0 Å². The number of aryl methyl sites for hydroxylation is 1. The maximum absolute atomic E-state index is 3.66. The number of nitrogens with zero attached hydrogens (tertiary/aromatic N) is 1. The molecule has 1 heterocycles. The number of para-hydroxylation sites is 1. The van der Waals surface area contributed by atoms with Gasteiger partial charge < -0.3 is 10.2 Å². The van der Waals surface area contributed by atoms with Crippen LogP contribution in [0.3, 0.4) is 0 Å². The molecular weight excluding hydrogens is 220 g/mol. The van der Waals surface area contributed by atoms with Crippen LogP contribution in [0.4, 0.5) is 5.69 Å². The van der Waals surface area contributed by atoms with E-state index in [1.807, 2.05) is 0 Å². The average molecular weight is 246 g/mol. The third-order valence-corrected chi connectivity index (χ3v) is 3.82. The number of benzene rings is 1. The van der Waals surface area contributed by atoms with E-state index in [2.05, 4.69) is 48.3 Å². The lowest BCUT2D eigenvalue weighted by atomic mass is 10.0. The van der Waals surface area contributed by atoms with Crippen LogP contribution in [0.15, 0.2) is 24.3 Å². The molecule has 0 radical (unpaired) electrons. The van der Waals surface area contributed by atoms with Gasteiger partial charge in [0.1, 0.15) is 0 Å². The standard InChI is InChI=1S/C16H26N2/c1-3-11-17-15(4-2)13-18-12-7-9-14-8-5-6-10-16(14)18/h5-6,8,10,15,17H,3-4,7,9,11-13H2,1-2H3. The van der Waals surface area contributed by atoms with Crippen LogP contribution < -0.4 is 10.2 Å². The summed E-state index contributed by atoms with van der Waals surface area (Å²) in [7, 11) is 0. The normalized spacial score (nSPS) is 16.4. The minimum absolute atomic E-state index is 0.621. The second-order valence-corrected chi connectivity index (χ2v) is 5.24. The van der Waals surface area contributed by atoms with Gasteiger partial charge in [-0.25, -0.2) is 0 Å². The van der Waals surface area contributed by atoms with Gasteiger partial charge in [0.25, 0.3) is 0 Å². The first-order valence-electron chi connectivity index (χ1n) is 7.41. The molecule has 0 bridgehead atoms. The molecule has 1 N–H and O–H groups in total. The molecule has 2 rings (SSSR count). The minimum atomic E-state index is 0.621. The largest absolute Gasteiger partial charge is 0.370 e. The Balaban J connectivity index is 2.01. The molecule has 0 spiro atoms. The summed E-state index contributed by atoms with van der Waals surface area (Å²) in [6, 6.07) is 9.51. The number of fused-ring (bicyclic) bond motifs is 1. The highest BCUT2D eigenvalue weighted by Gasteiger charge is 2.18. The first-order valence-corrected chi connectivity index (χ1v) is 7.41. The Kier molecular flexibility index (Phi) is 5.06. The molecule has 2 heteroatoms. The van der Waals surface area contributed by atoms with E-state index in [4.69, 9.17) is 0 Å². The predicted molar refractivity (Wildman–Crippen MR) is 79.3 cm³/mol. The van der Waals surface area contributed by atoms with E-state index in [-0.39, 0.29) is 0 Å². The van der Waals surface area contributed by atoms with Gasteiger partial charge in [0.15, 0.2) is 0 Å².